The fraction of sp³-hybridized carbons (Fsp3) is 0.375. The fourth-order valence-corrected chi connectivity index (χ4v) is 1.65. The first-order chi connectivity index (χ1) is 11.5. The molecule has 1 rings (SSSR count). The molecule has 1 aromatic rings. The largest absolute Gasteiger partial charge is 0.482 e. The number of esters is 1. The highest BCUT2D eigenvalue weighted by Gasteiger charge is 2.16. The van der Waals surface area contributed by atoms with Gasteiger partial charge < -0.3 is 20.1 Å². The molecule has 0 bridgehead atoms. The van der Waals surface area contributed by atoms with E-state index in [1.165, 1.54) is 19.1 Å². The predicted molar refractivity (Wildman–Crippen MR) is 84.6 cm³/mol. The third kappa shape index (κ3) is 6.91. The number of likely N-dealkylation sites (N-methyl/N-ethyl adjacent to an activating group) is 1. The summed E-state index contributed by atoms with van der Waals surface area (Å²) in [6.07, 6.45) is 0.693. The number of hydrogen-bond acceptors (Lipinski definition) is 6. The minimum Gasteiger partial charge on any atom is -0.482 e. The average Bonchev–Trinajstić information content (AvgIpc) is 2.58. The van der Waals surface area contributed by atoms with Crippen molar-refractivity contribution in [1.82, 2.24) is 10.6 Å². The van der Waals surface area contributed by atoms with Crippen molar-refractivity contribution in [3.63, 3.8) is 0 Å². The minimum atomic E-state index is -0.727. The van der Waals surface area contributed by atoms with Gasteiger partial charge in [0.25, 0.3) is 5.91 Å². The van der Waals surface area contributed by atoms with Crippen LogP contribution >= 0.6 is 0 Å². The number of rotatable bonds is 9. The van der Waals surface area contributed by atoms with Crippen LogP contribution in [-0.4, -0.2) is 49.9 Å². The Morgan fingerprint density at radius 3 is 2.42 bits per heavy atom. The number of hydrogen-bond donors (Lipinski definition) is 2. The molecule has 24 heavy (non-hydrogen) atoms. The number of aldehydes is 1. The number of nitrogens with one attached hydrogen (secondary N) is 2. The summed E-state index contributed by atoms with van der Waals surface area (Å²) in [6.45, 7) is 2.87. The second kappa shape index (κ2) is 9.98. The van der Waals surface area contributed by atoms with Crippen LogP contribution < -0.4 is 15.4 Å². The van der Waals surface area contributed by atoms with Crippen LogP contribution in [0.15, 0.2) is 24.3 Å². The molecule has 0 heterocycles. The van der Waals surface area contributed by atoms with Crippen LogP contribution in [0.5, 0.6) is 5.75 Å². The molecular weight excluding hydrogens is 316 g/mol. The molecule has 0 saturated heterocycles. The van der Waals surface area contributed by atoms with E-state index in [4.69, 9.17) is 9.47 Å². The van der Waals surface area contributed by atoms with Gasteiger partial charge in [-0.25, -0.2) is 4.79 Å². The summed E-state index contributed by atoms with van der Waals surface area (Å²) in [5, 5.41) is 4.96. The van der Waals surface area contributed by atoms with Crippen LogP contribution in [0.2, 0.25) is 0 Å². The molecule has 0 radical (unpaired) electrons. The van der Waals surface area contributed by atoms with E-state index in [1.807, 2.05) is 0 Å². The predicted octanol–water partition coefficient (Wildman–Crippen LogP) is 0.0619. The molecule has 1 atom stereocenters. The first-order valence-electron chi connectivity index (χ1n) is 7.37. The Hall–Kier alpha value is -2.90. The molecule has 2 amide bonds. The van der Waals surface area contributed by atoms with Gasteiger partial charge in [-0.3, -0.25) is 14.4 Å². The van der Waals surface area contributed by atoms with Crippen molar-refractivity contribution in [2.75, 3.05) is 19.8 Å². The van der Waals surface area contributed by atoms with Crippen molar-refractivity contribution in [1.29, 1.82) is 0 Å². The summed E-state index contributed by atoms with van der Waals surface area (Å²) in [4.78, 5) is 45.0. The Bertz CT molecular complexity index is 585. The van der Waals surface area contributed by atoms with Crippen LogP contribution in [0.25, 0.3) is 0 Å². The normalized spacial score (nSPS) is 11.1. The van der Waals surface area contributed by atoms with Crippen molar-refractivity contribution >= 4 is 24.1 Å². The quantitative estimate of drug-likeness (QED) is 0.487. The van der Waals surface area contributed by atoms with Crippen molar-refractivity contribution < 1.29 is 28.7 Å². The highest BCUT2D eigenvalue weighted by Crippen LogP contribution is 2.10. The van der Waals surface area contributed by atoms with Gasteiger partial charge in [-0.2, -0.15) is 0 Å². The van der Waals surface area contributed by atoms with E-state index < -0.39 is 24.5 Å². The van der Waals surface area contributed by atoms with Crippen molar-refractivity contribution in [3.05, 3.63) is 29.8 Å². The maximum atomic E-state index is 11.6. The zero-order valence-corrected chi connectivity index (χ0v) is 13.5. The molecule has 130 valence electrons. The second-order valence-electron chi connectivity index (χ2n) is 4.82. The van der Waals surface area contributed by atoms with E-state index in [1.54, 1.807) is 19.1 Å². The first kappa shape index (κ1) is 19.1. The van der Waals surface area contributed by atoms with E-state index in [9.17, 15) is 19.2 Å². The van der Waals surface area contributed by atoms with Crippen LogP contribution in [0.3, 0.4) is 0 Å². The lowest BCUT2D eigenvalue weighted by Crippen LogP contribution is -2.46. The van der Waals surface area contributed by atoms with Gasteiger partial charge in [0, 0.05) is 12.1 Å². The maximum absolute atomic E-state index is 11.6. The van der Waals surface area contributed by atoms with Gasteiger partial charge in [0.05, 0.1) is 0 Å². The van der Waals surface area contributed by atoms with E-state index in [0.29, 0.717) is 24.1 Å². The van der Waals surface area contributed by atoms with E-state index in [0.717, 1.165) is 0 Å². The monoisotopic (exact) mass is 336 g/mol. The number of amides is 2. The summed E-state index contributed by atoms with van der Waals surface area (Å²) in [5.41, 5.74) is 0.489. The highest BCUT2D eigenvalue weighted by molar-refractivity contribution is 5.88. The highest BCUT2D eigenvalue weighted by atomic mass is 16.6. The Morgan fingerprint density at radius 2 is 1.83 bits per heavy atom. The van der Waals surface area contributed by atoms with Crippen LogP contribution in [0.1, 0.15) is 24.2 Å². The Morgan fingerprint density at radius 1 is 1.17 bits per heavy atom. The maximum Gasteiger partial charge on any atom is 0.344 e. The summed E-state index contributed by atoms with van der Waals surface area (Å²) in [6, 6.07) is 5.45. The molecule has 2 N–H and O–H groups in total. The van der Waals surface area contributed by atoms with Crippen LogP contribution in [0.4, 0.5) is 0 Å². The SMILES string of the molecule is CCNC(=O)[C@@H](C)NC(=O)COC(=O)COc1ccc(C=O)cc1. The smallest absolute Gasteiger partial charge is 0.344 e. The Balaban J connectivity index is 2.28. The van der Waals surface area contributed by atoms with E-state index in [-0.39, 0.29) is 12.5 Å². The molecule has 0 aliphatic heterocycles. The molecule has 0 aromatic heterocycles. The molecule has 0 spiro atoms. The van der Waals surface area contributed by atoms with Gasteiger partial charge in [-0.1, -0.05) is 0 Å². The van der Waals surface area contributed by atoms with Crippen LogP contribution in [-0.2, 0) is 19.1 Å². The summed E-state index contributed by atoms with van der Waals surface area (Å²) in [5.74, 6) is -1.24. The molecule has 0 aliphatic carbocycles. The van der Waals surface area contributed by atoms with Crippen LogP contribution in [0, 0.1) is 0 Å². The number of carbonyl (C=O) groups excluding carboxylic acids is 4. The summed E-state index contributed by atoms with van der Waals surface area (Å²) in [7, 11) is 0. The molecule has 0 aliphatic rings. The Kier molecular flexibility index (Phi) is 7.97. The topological polar surface area (TPSA) is 111 Å². The van der Waals surface area contributed by atoms with Gasteiger partial charge in [-0.05, 0) is 38.1 Å². The number of benzene rings is 1. The molecule has 0 fully saturated rings. The summed E-state index contributed by atoms with van der Waals surface area (Å²) < 4.78 is 9.91. The third-order valence-electron chi connectivity index (χ3n) is 2.86. The molecule has 0 unspecified atom stereocenters. The third-order valence-corrected chi connectivity index (χ3v) is 2.86. The van der Waals surface area contributed by atoms with Gasteiger partial charge >= 0.3 is 5.97 Å². The molecule has 1 aromatic carbocycles. The lowest BCUT2D eigenvalue weighted by molar-refractivity contribution is -0.150. The standard InChI is InChI=1S/C16H20N2O6/c1-3-17-16(22)11(2)18-14(20)9-24-15(21)10-23-13-6-4-12(8-19)5-7-13/h4-8,11H,3,9-10H2,1-2H3,(H,17,22)(H,18,20)/t11-/m1/s1. The molecule has 8 nitrogen and oxygen atoms in total. The van der Waals surface area contributed by atoms with Gasteiger partial charge in [0.2, 0.25) is 5.91 Å². The zero-order chi connectivity index (χ0) is 17.9. The zero-order valence-electron chi connectivity index (χ0n) is 13.5. The molecular formula is C16H20N2O6. The van der Waals surface area contributed by atoms with E-state index >= 15 is 0 Å². The lowest BCUT2D eigenvalue weighted by atomic mass is 10.2. The van der Waals surface area contributed by atoms with Crippen molar-refractivity contribution in [2.24, 2.45) is 0 Å². The average molecular weight is 336 g/mol. The van der Waals surface area contributed by atoms with Gasteiger partial charge in [0.15, 0.2) is 13.2 Å². The van der Waals surface area contributed by atoms with E-state index in [2.05, 4.69) is 10.6 Å². The number of carbonyl (C=O) groups is 4. The second-order valence-corrected chi connectivity index (χ2v) is 4.82. The molecule has 8 heteroatoms. The fourth-order valence-electron chi connectivity index (χ4n) is 1.65. The molecule has 0 saturated carbocycles. The van der Waals surface area contributed by atoms with Crippen molar-refractivity contribution in [2.45, 2.75) is 19.9 Å². The lowest BCUT2D eigenvalue weighted by Gasteiger charge is -2.13. The number of ether oxygens (including phenoxy) is 2. The Labute approximate surface area is 139 Å². The first-order valence-corrected chi connectivity index (χ1v) is 7.37. The minimum absolute atomic E-state index is 0.320. The van der Waals surface area contributed by atoms with Crippen molar-refractivity contribution in [3.8, 4) is 5.75 Å². The van der Waals surface area contributed by atoms with Gasteiger partial charge in [-0.15, -0.1) is 0 Å². The summed E-state index contributed by atoms with van der Waals surface area (Å²) >= 11 is 0. The van der Waals surface area contributed by atoms with Gasteiger partial charge in [0.1, 0.15) is 18.1 Å².